The van der Waals surface area contributed by atoms with Gasteiger partial charge in [-0.25, -0.2) is 0 Å². The number of phenolic OH excluding ortho intramolecular Hbond substituents is 1. The molecule has 0 spiro atoms. The summed E-state index contributed by atoms with van der Waals surface area (Å²) in [7, 11) is 0. The third-order valence-electron chi connectivity index (χ3n) is 3.62. The zero-order chi connectivity index (χ0) is 12.5. The number of benzene rings is 1. The van der Waals surface area contributed by atoms with Crippen molar-refractivity contribution < 1.29 is 20.1 Å². The molecule has 0 unspecified atom stereocenters. The van der Waals surface area contributed by atoms with Crippen LogP contribution in [0.2, 0.25) is 0 Å². The van der Waals surface area contributed by atoms with E-state index in [0.29, 0.717) is 31.2 Å². The number of rotatable bonds is 2. The number of aliphatic hydroxyl groups is 1. The van der Waals surface area contributed by atoms with Gasteiger partial charge < -0.3 is 15.3 Å². The van der Waals surface area contributed by atoms with E-state index in [2.05, 4.69) is 0 Å². The maximum atomic E-state index is 11.5. The van der Waals surface area contributed by atoms with E-state index in [1.54, 1.807) is 12.1 Å². The van der Waals surface area contributed by atoms with Crippen molar-refractivity contribution in [3.8, 4) is 5.75 Å². The second-order valence-electron chi connectivity index (χ2n) is 4.67. The Balaban J connectivity index is 2.38. The zero-order valence-corrected chi connectivity index (χ0v) is 9.47. The first-order chi connectivity index (χ1) is 8.04. The molecular weight excluding hydrogens is 220 g/mol. The molecule has 2 rings (SSSR count). The van der Waals surface area contributed by atoms with Crippen LogP contribution in [0.4, 0.5) is 0 Å². The molecule has 1 saturated carbocycles. The molecule has 0 atom stereocenters. The fraction of sp³-hybridized carbons (Fsp3) is 0.462. The molecule has 0 aliphatic heterocycles. The lowest BCUT2D eigenvalue weighted by atomic mass is 9.69. The van der Waals surface area contributed by atoms with Gasteiger partial charge in [0.2, 0.25) is 0 Å². The highest BCUT2D eigenvalue weighted by Gasteiger charge is 2.43. The van der Waals surface area contributed by atoms with E-state index in [-0.39, 0.29) is 5.75 Å². The minimum absolute atomic E-state index is 0.0780. The van der Waals surface area contributed by atoms with Gasteiger partial charge in [-0.3, -0.25) is 4.79 Å². The number of carboxylic acid groups (broad SMARTS) is 1. The van der Waals surface area contributed by atoms with Crippen LogP contribution in [-0.4, -0.2) is 27.4 Å². The zero-order valence-electron chi connectivity index (χ0n) is 9.47. The standard InChI is InChI=1S/C13H16O4/c14-10-4-6-13(7-5-10,12(16)17)9-2-1-3-11(15)8-9/h1-3,8,10,14-15H,4-7H2,(H,16,17). The quantitative estimate of drug-likeness (QED) is 0.729. The van der Waals surface area contributed by atoms with Gasteiger partial charge in [-0.1, -0.05) is 12.1 Å². The first kappa shape index (κ1) is 11.9. The average molecular weight is 236 g/mol. The summed E-state index contributed by atoms with van der Waals surface area (Å²) in [5.41, 5.74) is -0.338. The number of aliphatic hydroxyl groups excluding tert-OH is 1. The van der Waals surface area contributed by atoms with Gasteiger partial charge in [-0.15, -0.1) is 0 Å². The molecule has 1 aromatic rings. The van der Waals surface area contributed by atoms with Crippen LogP contribution in [0.5, 0.6) is 5.75 Å². The molecule has 1 aliphatic rings. The third-order valence-corrected chi connectivity index (χ3v) is 3.62. The van der Waals surface area contributed by atoms with Crippen molar-refractivity contribution in [1.82, 2.24) is 0 Å². The van der Waals surface area contributed by atoms with Gasteiger partial charge in [0.1, 0.15) is 5.75 Å². The summed E-state index contributed by atoms with van der Waals surface area (Å²) < 4.78 is 0. The van der Waals surface area contributed by atoms with Crippen LogP contribution in [-0.2, 0) is 10.2 Å². The number of aromatic hydroxyl groups is 1. The lowest BCUT2D eigenvalue weighted by molar-refractivity contribution is -0.146. The lowest BCUT2D eigenvalue weighted by Gasteiger charge is -2.35. The molecule has 4 nitrogen and oxygen atoms in total. The lowest BCUT2D eigenvalue weighted by Crippen LogP contribution is -2.40. The number of hydrogen-bond acceptors (Lipinski definition) is 3. The Hall–Kier alpha value is -1.55. The van der Waals surface area contributed by atoms with Crippen molar-refractivity contribution in [2.24, 2.45) is 0 Å². The van der Waals surface area contributed by atoms with E-state index in [1.165, 1.54) is 12.1 Å². The highest BCUT2D eigenvalue weighted by molar-refractivity contribution is 5.81. The normalized spacial score (nSPS) is 28.9. The topological polar surface area (TPSA) is 77.8 Å². The average Bonchev–Trinajstić information content (AvgIpc) is 2.30. The summed E-state index contributed by atoms with van der Waals surface area (Å²) in [6, 6.07) is 6.41. The van der Waals surface area contributed by atoms with Gasteiger partial charge in [0.25, 0.3) is 0 Å². The molecule has 0 bridgehead atoms. The fourth-order valence-corrected chi connectivity index (χ4v) is 2.52. The van der Waals surface area contributed by atoms with Crippen molar-refractivity contribution in [2.45, 2.75) is 37.2 Å². The fourth-order valence-electron chi connectivity index (χ4n) is 2.52. The van der Waals surface area contributed by atoms with Crippen LogP contribution in [0, 0.1) is 0 Å². The second kappa shape index (κ2) is 4.37. The van der Waals surface area contributed by atoms with Crippen LogP contribution in [0.15, 0.2) is 24.3 Å². The van der Waals surface area contributed by atoms with Crippen LogP contribution in [0.1, 0.15) is 31.2 Å². The van der Waals surface area contributed by atoms with Crippen LogP contribution in [0.25, 0.3) is 0 Å². The van der Waals surface area contributed by atoms with Gasteiger partial charge in [-0.05, 0) is 43.4 Å². The van der Waals surface area contributed by atoms with Gasteiger partial charge in [0.15, 0.2) is 0 Å². The van der Waals surface area contributed by atoms with E-state index in [1.807, 2.05) is 0 Å². The van der Waals surface area contributed by atoms with Crippen molar-refractivity contribution >= 4 is 5.97 Å². The molecule has 0 saturated heterocycles. The Morgan fingerprint density at radius 2 is 1.94 bits per heavy atom. The molecule has 4 heteroatoms. The van der Waals surface area contributed by atoms with Gasteiger partial charge in [-0.2, -0.15) is 0 Å². The largest absolute Gasteiger partial charge is 0.508 e. The first-order valence-corrected chi connectivity index (χ1v) is 5.75. The van der Waals surface area contributed by atoms with E-state index in [0.717, 1.165) is 0 Å². The Morgan fingerprint density at radius 3 is 2.47 bits per heavy atom. The predicted octanol–water partition coefficient (Wildman–Crippen LogP) is 1.65. The number of aliphatic carboxylic acids is 1. The number of carbonyl (C=O) groups is 1. The molecule has 0 aromatic heterocycles. The summed E-state index contributed by atoms with van der Waals surface area (Å²) in [6.07, 6.45) is 1.39. The molecule has 0 heterocycles. The number of carboxylic acids is 1. The van der Waals surface area contributed by atoms with Crippen molar-refractivity contribution in [3.05, 3.63) is 29.8 Å². The first-order valence-electron chi connectivity index (χ1n) is 5.75. The highest BCUT2D eigenvalue weighted by atomic mass is 16.4. The molecular formula is C13H16O4. The molecule has 0 radical (unpaired) electrons. The molecule has 3 N–H and O–H groups in total. The van der Waals surface area contributed by atoms with Crippen LogP contribution in [0.3, 0.4) is 0 Å². The van der Waals surface area contributed by atoms with Gasteiger partial charge in [0, 0.05) is 0 Å². The van der Waals surface area contributed by atoms with E-state index in [9.17, 15) is 20.1 Å². The molecule has 1 fully saturated rings. The van der Waals surface area contributed by atoms with Gasteiger partial charge >= 0.3 is 5.97 Å². The molecule has 92 valence electrons. The monoisotopic (exact) mass is 236 g/mol. The van der Waals surface area contributed by atoms with Crippen LogP contribution >= 0.6 is 0 Å². The molecule has 17 heavy (non-hydrogen) atoms. The minimum Gasteiger partial charge on any atom is -0.508 e. The Morgan fingerprint density at radius 1 is 1.29 bits per heavy atom. The van der Waals surface area contributed by atoms with E-state index in [4.69, 9.17) is 0 Å². The van der Waals surface area contributed by atoms with Crippen molar-refractivity contribution in [3.63, 3.8) is 0 Å². The number of hydrogen-bond donors (Lipinski definition) is 3. The summed E-state index contributed by atoms with van der Waals surface area (Å²) in [5.74, 6) is -0.802. The maximum Gasteiger partial charge on any atom is 0.314 e. The van der Waals surface area contributed by atoms with Crippen LogP contribution < -0.4 is 0 Å². The Kier molecular flexibility index (Phi) is 3.07. The second-order valence-corrected chi connectivity index (χ2v) is 4.67. The summed E-state index contributed by atoms with van der Waals surface area (Å²) in [5, 5.41) is 28.4. The molecule has 1 aliphatic carbocycles. The number of phenols is 1. The minimum atomic E-state index is -0.960. The van der Waals surface area contributed by atoms with Crippen molar-refractivity contribution in [2.75, 3.05) is 0 Å². The van der Waals surface area contributed by atoms with E-state index >= 15 is 0 Å². The summed E-state index contributed by atoms with van der Waals surface area (Å²) in [4.78, 5) is 11.5. The van der Waals surface area contributed by atoms with Crippen molar-refractivity contribution in [1.29, 1.82) is 0 Å². The highest BCUT2D eigenvalue weighted by Crippen LogP contribution is 2.40. The predicted molar refractivity (Wildman–Crippen MR) is 61.9 cm³/mol. The Labute approximate surface area is 99.5 Å². The SMILES string of the molecule is O=C(O)C1(c2cccc(O)c2)CCC(O)CC1. The third kappa shape index (κ3) is 2.13. The maximum absolute atomic E-state index is 11.5. The molecule has 0 amide bonds. The molecule has 1 aromatic carbocycles. The van der Waals surface area contributed by atoms with E-state index < -0.39 is 17.5 Å². The summed E-state index contributed by atoms with van der Waals surface area (Å²) in [6.45, 7) is 0. The smallest absolute Gasteiger partial charge is 0.314 e. The summed E-state index contributed by atoms with van der Waals surface area (Å²) >= 11 is 0. The Bertz CT molecular complexity index is 419. The van der Waals surface area contributed by atoms with Gasteiger partial charge in [0.05, 0.1) is 11.5 Å².